The molecule has 0 amide bonds. The molecule has 1 heterocycles. The first kappa shape index (κ1) is 15.7. The van der Waals surface area contributed by atoms with Crippen molar-refractivity contribution in [1.29, 1.82) is 0 Å². The van der Waals surface area contributed by atoms with Gasteiger partial charge in [0.2, 0.25) is 5.76 Å². The average Bonchev–Trinajstić information content (AvgIpc) is 2.67. The highest BCUT2D eigenvalue weighted by Crippen LogP contribution is 2.18. The standard InChI is InChI=1S/C14H23NO4/c1-9(2)15(7-11(4)16)8-12-6-10(3)13(19-12)14(17)18-5/h6,9,11,16H,7-8H2,1-5H3. The summed E-state index contributed by atoms with van der Waals surface area (Å²) in [5, 5.41) is 9.49. The molecule has 5 nitrogen and oxygen atoms in total. The SMILES string of the molecule is COC(=O)c1oc(CN(CC(C)O)C(C)C)cc1C. The summed E-state index contributed by atoms with van der Waals surface area (Å²) in [5.74, 6) is 0.487. The number of hydrogen-bond acceptors (Lipinski definition) is 5. The van der Waals surface area contributed by atoms with Gasteiger partial charge in [-0.3, -0.25) is 4.90 Å². The van der Waals surface area contributed by atoms with Crippen molar-refractivity contribution in [3.05, 3.63) is 23.2 Å². The third-order valence-electron chi connectivity index (χ3n) is 2.93. The molecule has 1 unspecified atom stereocenters. The van der Waals surface area contributed by atoms with Crippen LogP contribution < -0.4 is 0 Å². The Morgan fingerprint density at radius 1 is 1.47 bits per heavy atom. The van der Waals surface area contributed by atoms with Crippen LogP contribution in [0.1, 0.15) is 42.6 Å². The van der Waals surface area contributed by atoms with E-state index in [1.165, 1.54) is 7.11 Å². The van der Waals surface area contributed by atoms with Gasteiger partial charge in [0, 0.05) is 18.2 Å². The van der Waals surface area contributed by atoms with Crippen LogP contribution in [0.4, 0.5) is 0 Å². The number of aliphatic hydroxyl groups excluding tert-OH is 1. The van der Waals surface area contributed by atoms with Gasteiger partial charge in [0.25, 0.3) is 0 Å². The third kappa shape index (κ3) is 4.36. The summed E-state index contributed by atoms with van der Waals surface area (Å²) < 4.78 is 10.2. The van der Waals surface area contributed by atoms with Crippen molar-refractivity contribution < 1.29 is 19.1 Å². The molecule has 1 N–H and O–H groups in total. The molecule has 1 rings (SSSR count). The van der Waals surface area contributed by atoms with Crippen LogP contribution in [0.2, 0.25) is 0 Å². The molecule has 1 atom stereocenters. The predicted octanol–water partition coefficient (Wildman–Crippen LogP) is 1.97. The Hall–Kier alpha value is -1.33. The summed E-state index contributed by atoms with van der Waals surface area (Å²) in [5.41, 5.74) is 0.766. The van der Waals surface area contributed by atoms with Crippen LogP contribution in [0.5, 0.6) is 0 Å². The van der Waals surface area contributed by atoms with Crippen molar-refractivity contribution in [2.75, 3.05) is 13.7 Å². The second kappa shape index (κ2) is 6.73. The highest BCUT2D eigenvalue weighted by Gasteiger charge is 2.19. The summed E-state index contributed by atoms with van der Waals surface area (Å²) in [6.07, 6.45) is -0.404. The number of hydrogen-bond donors (Lipinski definition) is 1. The number of nitrogens with zero attached hydrogens (tertiary/aromatic N) is 1. The molecule has 0 bridgehead atoms. The van der Waals surface area contributed by atoms with E-state index in [2.05, 4.69) is 23.5 Å². The fourth-order valence-electron chi connectivity index (χ4n) is 1.92. The van der Waals surface area contributed by atoms with Gasteiger partial charge in [0.15, 0.2) is 0 Å². The quantitative estimate of drug-likeness (QED) is 0.800. The minimum atomic E-state index is -0.463. The maximum Gasteiger partial charge on any atom is 0.374 e. The fourth-order valence-corrected chi connectivity index (χ4v) is 1.92. The first-order valence-electron chi connectivity index (χ1n) is 6.44. The van der Waals surface area contributed by atoms with Crippen LogP contribution in [-0.2, 0) is 11.3 Å². The van der Waals surface area contributed by atoms with E-state index >= 15 is 0 Å². The van der Waals surface area contributed by atoms with E-state index in [9.17, 15) is 9.90 Å². The number of carbonyl (C=O) groups excluding carboxylic acids is 1. The number of furan rings is 1. The molecule has 1 aromatic heterocycles. The Morgan fingerprint density at radius 3 is 2.58 bits per heavy atom. The number of rotatable bonds is 6. The average molecular weight is 269 g/mol. The van der Waals surface area contributed by atoms with Gasteiger partial charge in [-0.05, 0) is 33.8 Å². The Bertz CT molecular complexity index is 423. The van der Waals surface area contributed by atoms with Crippen LogP contribution in [0.15, 0.2) is 10.5 Å². The second-order valence-corrected chi connectivity index (χ2v) is 5.09. The maximum atomic E-state index is 11.5. The molecular formula is C14H23NO4. The van der Waals surface area contributed by atoms with Crippen LogP contribution in [0.3, 0.4) is 0 Å². The van der Waals surface area contributed by atoms with Gasteiger partial charge in [-0.15, -0.1) is 0 Å². The normalized spacial score (nSPS) is 13.1. The molecule has 19 heavy (non-hydrogen) atoms. The van der Waals surface area contributed by atoms with Crippen molar-refractivity contribution in [3.8, 4) is 0 Å². The lowest BCUT2D eigenvalue weighted by molar-refractivity contribution is 0.0555. The number of aryl methyl sites for hydroxylation is 1. The zero-order chi connectivity index (χ0) is 14.6. The van der Waals surface area contributed by atoms with E-state index in [4.69, 9.17) is 4.42 Å². The Balaban J connectivity index is 2.83. The summed E-state index contributed by atoms with van der Waals surface area (Å²) in [4.78, 5) is 13.6. The molecule has 0 saturated heterocycles. The van der Waals surface area contributed by atoms with Crippen LogP contribution in [-0.4, -0.2) is 41.8 Å². The van der Waals surface area contributed by atoms with E-state index in [1.807, 2.05) is 13.0 Å². The summed E-state index contributed by atoms with van der Waals surface area (Å²) in [6.45, 7) is 8.79. The molecule has 1 aromatic rings. The van der Waals surface area contributed by atoms with E-state index in [0.717, 1.165) is 5.56 Å². The zero-order valence-corrected chi connectivity index (χ0v) is 12.3. The number of aliphatic hydroxyl groups is 1. The Kier molecular flexibility index (Phi) is 5.57. The van der Waals surface area contributed by atoms with Gasteiger partial charge in [0.05, 0.1) is 19.8 Å². The summed E-state index contributed by atoms with van der Waals surface area (Å²) in [6, 6.07) is 2.12. The molecule has 0 saturated carbocycles. The minimum Gasteiger partial charge on any atom is -0.463 e. The van der Waals surface area contributed by atoms with Gasteiger partial charge >= 0.3 is 5.97 Å². The molecule has 0 aliphatic carbocycles. The first-order chi connectivity index (χ1) is 8.85. The van der Waals surface area contributed by atoms with Gasteiger partial charge < -0.3 is 14.3 Å². The van der Waals surface area contributed by atoms with Crippen molar-refractivity contribution >= 4 is 5.97 Å². The lowest BCUT2D eigenvalue weighted by Gasteiger charge is -2.26. The Labute approximate surface area is 114 Å². The smallest absolute Gasteiger partial charge is 0.374 e. The molecule has 0 fully saturated rings. The van der Waals surface area contributed by atoms with Crippen LogP contribution >= 0.6 is 0 Å². The van der Waals surface area contributed by atoms with Gasteiger partial charge in [-0.1, -0.05) is 0 Å². The summed E-state index contributed by atoms with van der Waals surface area (Å²) >= 11 is 0. The molecule has 0 aliphatic heterocycles. The van der Waals surface area contributed by atoms with Crippen molar-refractivity contribution in [2.45, 2.75) is 46.4 Å². The van der Waals surface area contributed by atoms with Crippen LogP contribution in [0, 0.1) is 6.92 Å². The molecule has 108 valence electrons. The summed E-state index contributed by atoms with van der Waals surface area (Å²) in [7, 11) is 1.33. The van der Waals surface area contributed by atoms with E-state index in [-0.39, 0.29) is 11.8 Å². The number of methoxy groups -OCH3 is 1. The molecule has 0 radical (unpaired) electrons. The van der Waals surface area contributed by atoms with Gasteiger partial charge in [0.1, 0.15) is 5.76 Å². The van der Waals surface area contributed by atoms with E-state index < -0.39 is 12.1 Å². The maximum absolute atomic E-state index is 11.5. The first-order valence-corrected chi connectivity index (χ1v) is 6.44. The highest BCUT2D eigenvalue weighted by molar-refractivity contribution is 5.87. The van der Waals surface area contributed by atoms with Crippen molar-refractivity contribution in [2.24, 2.45) is 0 Å². The number of carbonyl (C=O) groups is 1. The lowest BCUT2D eigenvalue weighted by Crippen LogP contribution is -2.35. The Morgan fingerprint density at radius 2 is 2.11 bits per heavy atom. The number of esters is 1. The molecule has 0 spiro atoms. The number of ether oxygens (including phenoxy) is 1. The zero-order valence-electron chi connectivity index (χ0n) is 12.3. The van der Waals surface area contributed by atoms with Crippen LogP contribution in [0.25, 0.3) is 0 Å². The third-order valence-corrected chi connectivity index (χ3v) is 2.93. The van der Waals surface area contributed by atoms with E-state index in [1.54, 1.807) is 6.92 Å². The molecular weight excluding hydrogens is 246 g/mol. The molecule has 0 aromatic carbocycles. The second-order valence-electron chi connectivity index (χ2n) is 5.09. The van der Waals surface area contributed by atoms with Gasteiger partial charge in [-0.25, -0.2) is 4.79 Å². The minimum absolute atomic E-state index is 0.248. The molecule has 5 heteroatoms. The predicted molar refractivity (Wildman–Crippen MR) is 72.0 cm³/mol. The topological polar surface area (TPSA) is 62.9 Å². The monoisotopic (exact) mass is 269 g/mol. The van der Waals surface area contributed by atoms with Crippen molar-refractivity contribution in [3.63, 3.8) is 0 Å². The highest BCUT2D eigenvalue weighted by atomic mass is 16.5. The fraction of sp³-hybridized carbons (Fsp3) is 0.643. The molecule has 0 aliphatic rings. The lowest BCUT2D eigenvalue weighted by atomic mass is 10.2. The largest absolute Gasteiger partial charge is 0.463 e. The van der Waals surface area contributed by atoms with E-state index in [0.29, 0.717) is 18.8 Å². The van der Waals surface area contributed by atoms with Crippen molar-refractivity contribution in [1.82, 2.24) is 4.90 Å². The van der Waals surface area contributed by atoms with Gasteiger partial charge in [-0.2, -0.15) is 0 Å².